The minimum absolute atomic E-state index is 0.485. The molecule has 1 fully saturated rings. The van der Waals surface area contributed by atoms with Crippen molar-refractivity contribution in [3.05, 3.63) is 22.6 Å². The summed E-state index contributed by atoms with van der Waals surface area (Å²) in [6, 6.07) is 4.59. The Kier molecular flexibility index (Phi) is 3.89. The van der Waals surface area contributed by atoms with E-state index in [4.69, 9.17) is 12.2 Å². The molecule has 108 valence electrons. The standard InChI is InChI=1S/C15H22N4S/c1-3-8-18-9-6-12(7-10-18)19-14-13(17-15(19)20)5-4-11(2)16-14/h4-5,12H,3,6-10H2,1-2H3,(H,17,20). The maximum atomic E-state index is 5.51. The van der Waals surface area contributed by atoms with Crippen LogP contribution in [-0.2, 0) is 0 Å². The van der Waals surface area contributed by atoms with Crippen molar-refractivity contribution in [2.75, 3.05) is 19.6 Å². The number of hydrogen-bond donors (Lipinski definition) is 1. The van der Waals surface area contributed by atoms with Crippen LogP contribution in [0.25, 0.3) is 11.2 Å². The van der Waals surface area contributed by atoms with E-state index in [1.807, 2.05) is 13.0 Å². The molecule has 2 aromatic rings. The molecule has 0 radical (unpaired) electrons. The predicted octanol–water partition coefficient (Wildman–Crippen LogP) is 3.45. The van der Waals surface area contributed by atoms with Gasteiger partial charge in [0.25, 0.3) is 0 Å². The summed E-state index contributed by atoms with van der Waals surface area (Å²) in [4.78, 5) is 10.5. The number of fused-ring (bicyclic) bond motifs is 1. The van der Waals surface area contributed by atoms with E-state index in [2.05, 4.69) is 32.4 Å². The summed E-state index contributed by atoms with van der Waals surface area (Å²) < 4.78 is 3.05. The van der Waals surface area contributed by atoms with E-state index in [1.54, 1.807) is 0 Å². The van der Waals surface area contributed by atoms with Gasteiger partial charge in [-0.2, -0.15) is 0 Å². The van der Waals surface area contributed by atoms with Crippen molar-refractivity contribution in [3.8, 4) is 0 Å². The lowest BCUT2D eigenvalue weighted by Gasteiger charge is -2.32. The molecule has 4 nitrogen and oxygen atoms in total. The number of nitrogens with zero attached hydrogens (tertiary/aromatic N) is 3. The van der Waals surface area contributed by atoms with Gasteiger partial charge in [-0.05, 0) is 57.1 Å². The average molecular weight is 290 g/mol. The van der Waals surface area contributed by atoms with E-state index in [-0.39, 0.29) is 0 Å². The number of aromatic nitrogens is 3. The summed E-state index contributed by atoms with van der Waals surface area (Å²) >= 11 is 5.51. The van der Waals surface area contributed by atoms with Crippen molar-refractivity contribution < 1.29 is 0 Å². The largest absolute Gasteiger partial charge is 0.329 e. The Morgan fingerprint density at radius 1 is 1.35 bits per heavy atom. The van der Waals surface area contributed by atoms with Gasteiger partial charge < -0.3 is 9.88 Å². The Balaban J connectivity index is 1.89. The molecular weight excluding hydrogens is 268 g/mol. The zero-order valence-electron chi connectivity index (χ0n) is 12.2. The van der Waals surface area contributed by atoms with Crippen molar-refractivity contribution in [1.29, 1.82) is 0 Å². The second-order valence-corrected chi connectivity index (χ2v) is 6.08. The van der Waals surface area contributed by atoms with E-state index in [9.17, 15) is 0 Å². The Morgan fingerprint density at radius 3 is 2.80 bits per heavy atom. The number of aryl methyl sites for hydroxylation is 1. The van der Waals surface area contributed by atoms with Gasteiger partial charge in [-0.15, -0.1) is 0 Å². The fraction of sp³-hybridized carbons (Fsp3) is 0.600. The summed E-state index contributed by atoms with van der Waals surface area (Å²) in [7, 11) is 0. The van der Waals surface area contributed by atoms with Crippen LogP contribution in [0.2, 0.25) is 0 Å². The Morgan fingerprint density at radius 2 is 2.10 bits per heavy atom. The molecule has 0 bridgehead atoms. The third-order valence-corrected chi connectivity index (χ3v) is 4.46. The first-order chi connectivity index (χ1) is 9.69. The predicted molar refractivity (Wildman–Crippen MR) is 84.7 cm³/mol. The topological polar surface area (TPSA) is 36.9 Å². The SMILES string of the molecule is CCCN1CCC(n2c(=S)[nH]c3ccc(C)nc32)CC1. The molecule has 0 aliphatic carbocycles. The van der Waals surface area contributed by atoms with Crippen molar-refractivity contribution in [3.63, 3.8) is 0 Å². The Labute approximate surface area is 124 Å². The number of pyridine rings is 1. The molecule has 0 unspecified atom stereocenters. The summed E-state index contributed by atoms with van der Waals surface area (Å²) in [6.07, 6.45) is 3.56. The fourth-order valence-corrected chi connectivity index (χ4v) is 3.50. The Hall–Kier alpha value is -1.20. The molecule has 1 aliphatic heterocycles. The molecule has 0 aromatic carbocycles. The molecule has 1 N–H and O–H groups in total. The van der Waals surface area contributed by atoms with Gasteiger partial charge in [-0.25, -0.2) is 4.98 Å². The van der Waals surface area contributed by atoms with Crippen molar-refractivity contribution in [1.82, 2.24) is 19.4 Å². The number of aromatic amines is 1. The van der Waals surface area contributed by atoms with Crippen LogP contribution >= 0.6 is 12.2 Å². The maximum Gasteiger partial charge on any atom is 0.179 e. The van der Waals surface area contributed by atoms with Gasteiger partial charge in [0.2, 0.25) is 0 Å². The van der Waals surface area contributed by atoms with Crippen LogP contribution in [0.4, 0.5) is 0 Å². The van der Waals surface area contributed by atoms with E-state index < -0.39 is 0 Å². The van der Waals surface area contributed by atoms with Gasteiger partial charge in [0.1, 0.15) is 0 Å². The molecule has 5 heteroatoms. The lowest BCUT2D eigenvalue weighted by atomic mass is 10.0. The quantitative estimate of drug-likeness (QED) is 0.880. The highest BCUT2D eigenvalue weighted by Crippen LogP contribution is 2.26. The van der Waals surface area contributed by atoms with Crippen LogP contribution in [0.3, 0.4) is 0 Å². The average Bonchev–Trinajstić information content (AvgIpc) is 2.76. The number of likely N-dealkylation sites (tertiary alicyclic amines) is 1. The zero-order chi connectivity index (χ0) is 14.1. The van der Waals surface area contributed by atoms with Crippen LogP contribution in [0.15, 0.2) is 12.1 Å². The third kappa shape index (κ3) is 2.52. The van der Waals surface area contributed by atoms with E-state index in [1.165, 1.54) is 26.1 Å². The second kappa shape index (κ2) is 5.66. The first kappa shape index (κ1) is 13.8. The number of imidazole rings is 1. The maximum absolute atomic E-state index is 5.51. The van der Waals surface area contributed by atoms with Gasteiger partial charge in [-0.1, -0.05) is 6.92 Å². The molecule has 1 saturated heterocycles. The monoisotopic (exact) mass is 290 g/mol. The minimum atomic E-state index is 0.485. The second-order valence-electron chi connectivity index (χ2n) is 5.70. The highest BCUT2D eigenvalue weighted by molar-refractivity contribution is 7.71. The van der Waals surface area contributed by atoms with Gasteiger partial charge in [0.15, 0.2) is 10.4 Å². The third-order valence-electron chi connectivity index (χ3n) is 4.17. The first-order valence-corrected chi connectivity index (χ1v) is 7.90. The van der Waals surface area contributed by atoms with Crippen LogP contribution in [0, 0.1) is 11.7 Å². The summed E-state index contributed by atoms with van der Waals surface area (Å²) in [6.45, 7) is 7.82. The summed E-state index contributed by atoms with van der Waals surface area (Å²) in [5.74, 6) is 0. The molecule has 0 amide bonds. The summed E-state index contributed by atoms with van der Waals surface area (Å²) in [5.41, 5.74) is 3.11. The number of rotatable bonds is 3. The molecule has 20 heavy (non-hydrogen) atoms. The normalized spacial score (nSPS) is 17.9. The van der Waals surface area contributed by atoms with Gasteiger partial charge >= 0.3 is 0 Å². The van der Waals surface area contributed by atoms with Gasteiger partial charge in [-0.3, -0.25) is 4.57 Å². The molecule has 0 saturated carbocycles. The van der Waals surface area contributed by atoms with Crippen molar-refractivity contribution in [2.24, 2.45) is 0 Å². The molecule has 0 spiro atoms. The first-order valence-electron chi connectivity index (χ1n) is 7.49. The van der Waals surface area contributed by atoms with Crippen LogP contribution in [0.1, 0.15) is 37.9 Å². The highest BCUT2D eigenvalue weighted by Gasteiger charge is 2.22. The van der Waals surface area contributed by atoms with Crippen LogP contribution < -0.4 is 0 Å². The van der Waals surface area contributed by atoms with E-state index >= 15 is 0 Å². The highest BCUT2D eigenvalue weighted by atomic mass is 32.1. The molecule has 2 aromatic heterocycles. The number of piperidine rings is 1. The van der Waals surface area contributed by atoms with Crippen LogP contribution in [-0.4, -0.2) is 39.1 Å². The Bertz CT molecular complexity index is 649. The molecule has 0 atom stereocenters. The molecular formula is C15H22N4S. The molecule has 3 rings (SSSR count). The minimum Gasteiger partial charge on any atom is -0.329 e. The lowest BCUT2D eigenvalue weighted by Crippen LogP contribution is -2.35. The zero-order valence-corrected chi connectivity index (χ0v) is 13.0. The van der Waals surface area contributed by atoms with Crippen molar-refractivity contribution >= 4 is 23.4 Å². The number of nitrogens with one attached hydrogen (secondary N) is 1. The molecule has 1 aliphatic rings. The fourth-order valence-electron chi connectivity index (χ4n) is 3.15. The van der Waals surface area contributed by atoms with Gasteiger partial charge in [0, 0.05) is 24.8 Å². The summed E-state index contributed by atoms with van der Waals surface area (Å²) in [5, 5.41) is 0. The van der Waals surface area contributed by atoms with E-state index in [0.29, 0.717) is 6.04 Å². The van der Waals surface area contributed by atoms with Gasteiger partial charge in [0.05, 0.1) is 5.52 Å². The smallest absolute Gasteiger partial charge is 0.179 e. The van der Waals surface area contributed by atoms with E-state index in [0.717, 1.165) is 34.5 Å². The number of H-pyrrole nitrogens is 1. The number of hydrogen-bond acceptors (Lipinski definition) is 3. The molecule has 3 heterocycles. The van der Waals surface area contributed by atoms with Crippen molar-refractivity contribution in [2.45, 2.75) is 39.2 Å². The lowest BCUT2D eigenvalue weighted by molar-refractivity contribution is 0.188. The van der Waals surface area contributed by atoms with Crippen LogP contribution in [0.5, 0.6) is 0 Å².